The van der Waals surface area contributed by atoms with Crippen LogP contribution in [0.4, 0.5) is 0 Å². The molecular formula is C17H23N3O. The highest BCUT2D eigenvalue weighted by atomic mass is 16.1. The molecule has 1 aliphatic heterocycles. The van der Waals surface area contributed by atoms with Gasteiger partial charge in [0.05, 0.1) is 12.5 Å². The van der Waals surface area contributed by atoms with E-state index in [0.717, 1.165) is 18.7 Å². The molecular weight excluding hydrogens is 262 g/mol. The Morgan fingerprint density at radius 3 is 2.57 bits per heavy atom. The first-order valence-corrected chi connectivity index (χ1v) is 7.41. The second-order valence-corrected chi connectivity index (χ2v) is 6.14. The van der Waals surface area contributed by atoms with Crippen LogP contribution in [0.25, 0.3) is 0 Å². The maximum atomic E-state index is 12.2. The third kappa shape index (κ3) is 3.83. The predicted octanol–water partition coefficient (Wildman–Crippen LogP) is 1.95. The van der Waals surface area contributed by atoms with Gasteiger partial charge in [0.15, 0.2) is 0 Å². The highest BCUT2D eigenvalue weighted by molar-refractivity contribution is 5.80. The Morgan fingerprint density at radius 1 is 1.33 bits per heavy atom. The van der Waals surface area contributed by atoms with Crippen molar-refractivity contribution in [3.63, 3.8) is 0 Å². The standard InChI is InChI=1S/C17H23N3O/c1-13-4-5-15(10-14(13)2)11-16(21)19-17(12-18)6-8-20(3)9-7-17/h4-5,10H,6-9,11H2,1-3H3,(H,19,21). The van der Waals surface area contributed by atoms with Crippen LogP contribution in [0.2, 0.25) is 0 Å². The van der Waals surface area contributed by atoms with E-state index in [9.17, 15) is 10.1 Å². The molecule has 0 unspecified atom stereocenters. The van der Waals surface area contributed by atoms with Crippen LogP contribution in [-0.2, 0) is 11.2 Å². The minimum atomic E-state index is -0.691. The zero-order chi connectivity index (χ0) is 15.5. The average Bonchev–Trinajstić information content (AvgIpc) is 2.46. The van der Waals surface area contributed by atoms with Crippen LogP contribution in [0.3, 0.4) is 0 Å². The Balaban J connectivity index is 2.00. The lowest BCUT2D eigenvalue weighted by Crippen LogP contribution is -2.54. The largest absolute Gasteiger partial charge is 0.337 e. The maximum absolute atomic E-state index is 12.2. The second-order valence-electron chi connectivity index (χ2n) is 6.14. The fraction of sp³-hybridized carbons (Fsp3) is 0.529. The van der Waals surface area contributed by atoms with Gasteiger partial charge in [0.1, 0.15) is 5.54 Å². The number of carbonyl (C=O) groups excluding carboxylic acids is 1. The van der Waals surface area contributed by atoms with Crippen molar-refractivity contribution in [2.24, 2.45) is 0 Å². The van der Waals surface area contributed by atoms with E-state index in [1.54, 1.807) is 0 Å². The topological polar surface area (TPSA) is 56.1 Å². The summed E-state index contributed by atoms with van der Waals surface area (Å²) in [5.74, 6) is -0.0654. The van der Waals surface area contributed by atoms with E-state index in [4.69, 9.17) is 0 Å². The molecule has 4 heteroatoms. The first-order chi connectivity index (χ1) is 9.94. The SMILES string of the molecule is Cc1ccc(CC(=O)NC2(C#N)CCN(C)CC2)cc1C. The van der Waals surface area contributed by atoms with Gasteiger partial charge in [-0.2, -0.15) is 5.26 Å². The molecule has 0 atom stereocenters. The molecule has 0 bridgehead atoms. The van der Waals surface area contributed by atoms with E-state index < -0.39 is 5.54 Å². The van der Waals surface area contributed by atoms with Gasteiger partial charge >= 0.3 is 0 Å². The van der Waals surface area contributed by atoms with Crippen LogP contribution in [0.1, 0.15) is 29.5 Å². The first-order valence-electron chi connectivity index (χ1n) is 7.41. The molecule has 1 heterocycles. The molecule has 1 aromatic rings. The minimum absolute atomic E-state index is 0.0654. The molecule has 1 fully saturated rings. The molecule has 2 rings (SSSR count). The van der Waals surface area contributed by atoms with E-state index in [-0.39, 0.29) is 5.91 Å². The van der Waals surface area contributed by atoms with Crippen LogP contribution in [0.15, 0.2) is 18.2 Å². The smallest absolute Gasteiger partial charge is 0.225 e. The number of benzene rings is 1. The summed E-state index contributed by atoms with van der Waals surface area (Å²) in [5, 5.41) is 12.4. The predicted molar refractivity (Wildman–Crippen MR) is 82.8 cm³/mol. The van der Waals surface area contributed by atoms with E-state index in [0.29, 0.717) is 19.3 Å². The van der Waals surface area contributed by atoms with Gasteiger partial charge in [0, 0.05) is 13.1 Å². The highest BCUT2D eigenvalue weighted by Crippen LogP contribution is 2.21. The van der Waals surface area contributed by atoms with Gasteiger partial charge in [0.2, 0.25) is 5.91 Å². The minimum Gasteiger partial charge on any atom is -0.337 e. The number of nitriles is 1. The Hall–Kier alpha value is -1.86. The summed E-state index contributed by atoms with van der Waals surface area (Å²) in [7, 11) is 2.04. The molecule has 1 N–H and O–H groups in total. The van der Waals surface area contributed by atoms with Gasteiger partial charge in [0.25, 0.3) is 0 Å². The number of rotatable bonds is 3. The zero-order valence-electron chi connectivity index (χ0n) is 13.1. The van der Waals surface area contributed by atoms with E-state index >= 15 is 0 Å². The van der Waals surface area contributed by atoms with Gasteiger partial charge in [-0.25, -0.2) is 0 Å². The number of nitrogens with zero attached hydrogens (tertiary/aromatic N) is 2. The molecule has 4 nitrogen and oxygen atoms in total. The van der Waals surface area contributed by atoms with Crippen molar-refractivity contribution >= 4 is 5.91 Å². The molecule has 0 saturated carbocycles. The number of hydrogen-bond acceptors (Lipinski definition) is 3. The maximum Gasteiger partial charge on any atom is 0.225 e. The van der Waals surface area contributed by atoms with Crippen molar-refractivity contribution < 1.29 is 4.79 Å². The lowest BCUT2D eigenvalue weighted by atomic mass is 9.89. The zero-order valence-corrected chi connectivity index (χ0v) is 13.1. The fourth-order valence-corrected chi connectivity index (χ4v) is 2.67. The van der Waals surface area contributed by atoms with Crippen molar-refractivity contribution in [2.75, 3.05) is 20.1 Å². The van der Waals surface area contributed by atoms with Gasteiger partial charge in [-0.05, 0) is 50.4 Å². The Labute approximate surface area is 126 Å². The summed E-state index contributed by atoms with van der Waals surface area (Å²) in [6.07, 6.45) is 1.72. The van der Waals surface area contributed by atoms with Crippen LogP contribution in [0.5, 0.6) is 0 Å². The Morgan fingerprint density at radius 2 is 2.00 bits per heavy atom. The Bertz CT molecular complexity index is 566. The van der Waals surface area contributed by atoms with Gasteiger partial charge < -0.3 is 10.2 Å². The van der Waals surface area contributed by atoms with Crippen LogP contribution < -0.4 is 5.32 Å². The second kappa shape index (κ2) is 6.28. The number of likely N-dealkylation sites (tertiary alicyclic amines) is 1. The van der Waals surface area contributed by atoms with Crippen LogP contribution >= 0.6 is 0 Å². The summed E-state index contributed by atoms with van der Waals surface area (Å²) in [6.45, 7) is 5.79. The quantitative estimate of drug-likeness (QED) is 0.923. The van der Waals surface area contributed by atoms with E-state index in [1.165, 1.54) is 11.1 Å². The van der Waals surface area contributed by atoms with Crippen molar-refractivity contribution in [1.29, 1.82) is 5.26 Å². The molecule has 1 saturated heterocycles. The summed E-state index contributed by atoms with van der Waals surface area (Å²) in [5.41, 5.74) is 2.72. The third-order valence-electron chi connectivity index (χ3n) is 4.37. The molecule has 0 aliphatic carbocycles. The number of hydrogen-bond donors (Lipinski definition) is 1. The monoisotopic (exact) mass is 285 g/mol. The van der Waals surface area contributed by atoms with Crippen molar-refractivity contribution in [2.45, 2.75) is 38.6 Å². The van der Waals surface area contributed by atoms with Crippen molar-refractivity contribution in [3.05, 3.63) is 34.9 Å². The van der Waals surface area contributed by atoms with Gasteiger partial charge in [-0.15, -0.1) is 0 Å². The highest BCUT2D eigenvalue weighted by Gasteiger charge is 2.35. The number of aryl methyl sites for hydroxylation is 2. The van der Waals surface area contributed by atoms with Gasteiger partial charge in [-0.1, -0.05) is 18.2 Å². The first kappa shape index (κ1) is 15.5. The van der Waals surface area contributed by atoms with Crippen LogP contribution in [0, 0.1) is 25.2 Å². The molecule has 21 heavy (non-hydrogen) atoms. The van der Waals surface area contributed by atoms with E-state index in [2.05, 4.69) is 23.2 Å². The number of piperidine rings is 1. The lowest BCUT2D eigenvalue weighted by Gasteiger charge is -2.36. The van der Waals surface area contributed by atoms with Crippen LogP contribution in [-0.4, -0.2) is 36.5 Å². The average molecular weight is 285 g/mol. The Kier molecular flexibility index (Phi) is 4.64. The molecule has 0 spiro atoms. The summed E-state index contributed by atoms with van der Waals surface area (Å²) in [4.78, 5) is 14.4. The number of nitrogens with one attached hydrogen (secondary N) is 1. The third-order valence-corrected chi connectivity index (χ3v) is 4.37. The molecule has 0 radical (unpaired) electrons. The summed E-state index contributed by atoms with van der Waals surface area (Å²) in [6, 6.07) is 8.38. The van der Waals surface area contributed by atoms with Crippen molar-refractivity contribution in [1.82, 2.24) is 10.2 Å². The molecule has 1 aliphatic rings. The van der Waals surface area contributed by atoms with Crippen molar-refractivity contribution in [3.8, 4) is 6.07 Å². The molecule has 112 valence electrons. The van der Waals surface area contributed by atoms with E-state index in [1.807, 2.05) is 32.2 Å². The normalized spacial score (nSPS) is 18.0. The molecule has 0 aromatic heterocycles. The molecule has 1 amide bonds. The summed E-state index contributed by atoms with van der Waals surface area (Å²) < 4.78 is 0. The number of amides is 1. The fourth-order valence-electron chi connectivity index (χ4n) is 2.67. The molecule has 1 aromatic carbocycles. The van der Waals surface area contributed by atoms with Gasteiger partial charge in [-0.3, -0.25) is 4.79 Å². The number of carbonyl (C=O) groups is 1. The summed E-state index contributed by atoms with van der Waals surface area (Å²) >= 11 is 0. The lowest BCUT2D eigenvalue weighted by molar-refractivity contribution is -0.122.